The van der Waals surface area contributed by atoms with E-state index in [2.05, 4.69) is 30.7 Å². The van der Waals surface area contributed by atoms with Gasteiger partial charge in [-0.15, -0.1) is 10.2 Å². The van der Waals surface area contributed by atoms with Crippen LogP contribution in [0.3, 0.4) is 0 Å². The van der Waals surface area contributed by atoms with Gasteiger partial charge in [-0.1, -0.05) is 30.3 Å². The van der Waals surface area contributed by atoms with E-state index in [1.807, 2.05) is 24.3 Å². The molecule has 0 saturated heterocycles. The molecule has 0 radical (unpaired) electrons. The summed E-state index contributed by atoms with van der Waals surface area (Å²) < 4.78 is 0. The zero-order valence-electron chi connectivity index (χ0n) is 12.8. The highest BCUT2D eigenvalue weighted by Crippen LogP contribution is 2.21. The van der Waals surface area contributed by atoms with Crippen LogP contribution in [-0.2, 0) is 0 Å². The van der Waals surface area contributed by atoms with Crippen LogP contribution < -0.4 is 5.43 Å². The number of aromatic amines is 1. The molecule has 2 aromatic heterocycles. The third kappa shape index (κ3) is 2.88. The molecular weight excluding hydrogens is 320 g/mol. The van der Waals surface area contributed by atoms with Gasteiger partial charge in [-0.2, -0.15) is 10.1 Å². The molecule has 0 saturated carbocycles. The Labute approximate surface area is 141 Å². The van der Waals surface area contributed by atoms with Crippen LogP contribution in [-0.4, -0.2) is 37.5 Å². The van der Waals surface area contributed by atoms with E-state index in [1.165, 1.54) is 12.1 Å². The SMILES string of the molecule is O=C(O)c1ccc(/C=N/Nc2nnc3c(n2)[nH]c2ccccc23)cc1. The van der Waals surface area contributed by atoms with Crippen LogP contribution in [0.15, 0.2) is 53.6 Å². The van der Waals surface area contributed by atoms with Gasteiger partial charge in [0.25, 0.3) is 5.95 Å². The van der Waals surface area contributed by atoms with Crippen LogP contribution in [0.5, 0.6) is 0 Å². The Morgan fingerprint density at radius 1 is 1.12 bits per heavy atom. The van der Waals surface area contributed by atoms with Gasteiger partial charge >= 0.3 is 5.97 Å². The fraction of sp³-hybridized carbons (Fsp3) is 0. The van der Waals surface area contributed by atoms with Gasteiger partial charge in [0.2, 0.25) is 0 Å². The molecule has 8 heteroatoms. The maximum atomic E-state index is 10.8. The summed E-state index contributed by atoms with van der Waals surface area (Å²) in [5, 5.41) is 22.1. The predicted octanol–water partition coefficient (Wildman–Crippen LogP) is 2.65. The summed E-state index contributed by atoms with van der Waals surface area (Å²) in [7, 11) is 0. The summed E-state index contributed by atoms with van der Waals surface area (Å²) in [6.45, 7) is 0. The highest BCUT2D eigenvalue weighted by molar-refractivity contribution is 6.03. The molecule has 4 rings (SSSR count). The third-order valence-corrected chi connectivity index (χ3v) is 3.66. The van der Waals surface area contributed by atoms with Crippen LogP contribution in [0.1, 0.15) is 15.9 Å². The van der Waals surface area contributed by atoms with Gasteiger partial charge < -0.3 is 10.1 Å². The summed E-state index contributed by atoms with van der Waals surface area (Å²) in [5.41, 5.74) is 5.96. The van der Waals surface area contributed by atoms with E-state index in [9.17, 15) is 4.79 Å². The van der Waals surface area contributed by atoms with Gasteiger partial charge in [0.1, 0.15) is 5.52 Å². The molecule has 122 valence electrons. The molecule has 2 aromatic carbocycles. The Hall–Kier alpha value is -3.81. The molecule has 0 aliphatic rings. The molecule has 0 fully saturated rings. The number of hydrogen-bond donors (Lipinski definition) is 3. The molecule has 0 aliphatic carbocycles. The topological polar surface area (TPSA) is 116 Å². The molecule has 3 N–H and O–H groups in total. The Morgan fingerprint density at radius 3 is 2.72 bits per heavy atom. The standard InChI is InChI=1S/C17H12N6O2/c24-16(25)11-7-5-10(6-8-11)9-18-22-17-20-15-14(21-23-17)12-3-1-2-4-13(12)19-15/h1-9H,(H,24,25)(H2,19,20,22,23)/b18-9+. The van der Waals surface area contributed by atoms with E-state index in [0.29, 0.717) is 11.2 Å². The summed E-state index contributed by atoms with van der Waals surface area (Å²) in [5.74, 6) is -0.704. The van der Waals surface area contributed by atoms with Crippen molar-refractivity contribution in [2.75, 3.05) is 5.43 Å². The first-order valence-electron chi connectivity index (χ1n) is 7.44. The number of nitrogens with one attached hydrogen (secondary N) is 2. The quantitative estimate of drug-likeness (QED) is 0.391. The molecule has 4 aromatic rings. The van der Waals surface area contributed by atoms with E-state index in [4.69, 9.17) is 5.11 Å². The fourth-order valence-electron chi connectivity index (χ4n) is 2.44. The second kappa shape index (κ2) is 6.00. The number of carbonyl (C=O) groups is 1. The van der Waals surface area contributed by atoms with Crippen molar-refractivity contribution in [1.82, 2.24) is 20.2 Å². The van der Waals surface area contributed by atoms with Crippen molar-refractivity contribution in [1.29, 1.82) is 0 Å². The summed E-state index contributed by atoms with van der Waals surface area (Å²) in [6, 6.07) is 14.1. The van der Waals surface area contributed by atoms with Gasteiger partial charge in [-0.3, -0.25) is 0 Å². The minimum Gasteiger partial charge on any atom is -0.478 e. The van der Waals surface area contributed by atoms with Crippen molar-refractivity contribution in [2.24, 2.45) is 5.10 Å². The number of rotatable bonds is 4. The highest BCUT2D eigenvalue weighted by Gasteiger charge is 2.07. The van der Waals surface area contributed by atoms with E-state index in [0.717, 1.165) is 16.5 Å². The van der Waals surface area contributed by atoms with E-state index >= 15 is 0 Å². The van der Waals surface area contributed by atoms with Crippen LogP contribution in [0.25, 0.3) is 22.1 Å². The van der Waals surface area contributed by atoms with Gasteiger partial charge in [-0.25, -0.2) is 10.2 Å². The summed E-state index contributed by atoms with van der Waals surface area (Å²) in [4.78, 5) is 18.3. The van der Waals surface area contributed by atoms with Crippen LogP contribution >= 0.6 is 0 Å². The number of hydrazone groups is 1. The van der Waals surface area contributed by atoms with Gasteiger partial charge in [0.05, 0.1) is 11.8 Å². The zero-order chi connectivity index (χ0) is 17.2. The van der Waals surface area contributed by atoms with Crippen molar-refractivity contribution in [2.45, 2.75) is 0 Å². The maximum absolute atomic E-state index is 10.8. The van der Waals surface area contributed by atoms with Crippen LogP contribution in [0, 0.1) is 0 Å². The molecule has 0 unspecified atom stereocenters. The molecule has 0 bridgehead atoms. The third-order valence-electron chi connectivity index (χ3n) is 3.66. The second-order valence-electron chi connectivity index (χ2n) is 5.30. The number of aromatic carboxylic acids is 1. The van der Waals surface area contributed by atoms with Crippen molar-refractivity contribution < 1.29 is 9.90 Å². The average Bonchev–Trinajstić information content (AvgIpc) is 3.00. The first-order chi connectivity index (χ1) is 12.2. The number of H-pyrrole nitrogens is 1. The van der Waals surface area contributed by atoms with Gasteiger partial charge in [0.15, 0.2) is 5.65 Å². The molecular formula is C17H12N6O2. The number of fused-ring (bicyclic) bond motifs is 3. The van der Waals surface area contributed by atoms with Crippen molar-refractivity contribution in [3.63, 3.8) is 0 Å². The van der Waals surface area contributed by atoms with Crippen molar-refractivity contribution in [3.8, 4) is 0 Å². The molecule has 0 spiro atoms. The van der Waals surface area contributed by atoms with E-state index in [-0.39, 0.29) is 11.5 Å². The normalized spacial score (nSPS) is 11.4. The number of benzene rings is 2. The minimum atomic E-state index is -0.965. The number of aromatic nitrogens is 4. The first kappa shape index (κ1) is 14.8. The lowest BCUT2D eigenvalue weighted by atomic mass is 10.1. The number of nitrogens with zero attached hydrogens (tertiary/aromatic N) is 4. The first-order valence-corrected chi connectivity index (χ1v) is 7.44. The number of carboxylic acid groups (broad SMARTS) is 1. The second-order valence-corrected chi connectivity index (χ2v) is 5.30. The molecule has 0 amide bonds. The van der Waals surface area contributed by atoms with Crippen molar-refractivity contribution in [3.05, 3.63) is 59.7 Å². The molecule has 0 atom stereocenters. The van der Waals surface area contributed by atoms with Gasteiger partial charge in [0, 0.05) is 10.9 Å². The number of hydrogen-bond acceptors (Lipinski definition) is 6. The monoisotopic (exact) mass is 332 g/mol. The number of anilines is 1. The summed E-state index contributed by atoms with van der Waals surface area (Å²) in [6.07, 6.45) is 1.55. The Morgan fingerprint density at radius 2 is 1.92 bits per heavy atom. The van der Waals surface area contributed by atoms with Crippen LogP contribution in [0.4, 0.5) is 5.95 Å². The number of para-hydroxylation sites is 1. The largest absolute Gasteiger partial charge is 0.478 e. The minimum absolute atomic E-state index is 0.224. The van der Waals surface area contributed by atoms with Crippen molar-refractivity contribution >= 4 is 40.2 Å². The lowest BCUT2D eigenvalue weighted by Gasteiger charge is -1.98. The Bertz CT molecular complexity index is 1100. The van der Waals surface area contributed by atoms with Crippen LogP contribution in [0.2, 0.25) is 0 Å². The highest BCUT2D eigenvalue weighted by atomic mass is 16.4. The molecule has 0 aliphatic heterocycles. The molecule has 8 nitrogen and oxygen atoms in total. The fourth-order valence-corrected chi connectivity index (χ4v) is 2.44. The predicted molar refractivity (Wildman–Crippen MR) is 93.8 cm³/mol. The smallest absolute Gasteiger partial charge is 0.335 e. The molecule has 25 heavy (non-hydrogen) atoms. The lowest BCUT2D eigenvalue weighted by molar-refractivity contribution is 0.0697. The van der Waals surface area contributed by atoms with E-state index < -0.39 is 5.97 Å². The lowest BCUT2D eigenvalue weighted by Crippen LogP contribution is -1.99. The zero-order valence-corrected chi connectivity index (χ0v) is 12.8. The number of carboxylic acids is 1. The average molecular weight is 332 g/mol. The van der Waals surface area contributed by atoms with Gasteiger partial charge in [-0.05, 0) is 23.8 Å². The molecule has 2 heterocycles. The Balaban J connectivity index is 1.54. The maximum Gasteiger partial charge on any atom is 0.335 e. The Kier molecular flexibility index (Phi) is 3.55. The van der Waals surface area contributed by atoms with E-state index in [1.54, 1.807) is 18.3 Å². The summed E-state index contributed by atoms with van der Waals surface area (Å²) >= 11 is 0.